The van der Waals surface area contributed by atoms with Gasteiger partial charge in [0.05, 0.1) is 6.10 Å². The minimum absolute atomic E-state index is 0.442. The van der Waals surface area contributed by atoms with Gasteiger partial charge in [-0.1, -0.05) is 37.3 Å². The van der Waals surface area contributed by atoms with E-state index in [1.54, 1.807) is 0 Å². The molecule has 1 aromatic rings. The summed E-state index contributed by atoms with van der Waals surface area (Å²) in [6.07, 6.45) is 1.42. The first-order chi connectivity index (χ1) is 9.70. The Balaban J connectivity index is 1.80. The molecule has 0 spiro atoms. The van der Waals surface area contributed by atoms with E-state index in [2.05, 4.69) is 29.5 Å². The standard InChI is InChI=1S/C16H25N3O/c1-3-17-16(19-14-11-12(14)2)18-10-9-15(20)13-7-5-4-6-8-13/h4-8,12,14-15,20H,3,9-11H2,1-2H3,(H2,17,18,19). The van der Waals surface area contributed by atoms with Crippen molar-refractivity contribution >= 4 is 5.96 Å². The van der Waals surface area contributed by atoms with Crippen LogP contribution in [-0.4, -0.2) is 30.2 Å². The van der Waals surface area contributed by atoms with Crippen molar-refractivity contribution in [3.05, 3.63) is 35.9 Å². The van der Waals surface area contributed by atoms with Crippen molar-refractivity contribution in [1.82, 2.24) is 10.6 Å². The van der Waals surface area contributed by atoms with Crippen LogP contribution in [0.5, 0.6) is 0 Å². The van der Waals surface area contributed by atoms with Gasteiger partial charge in [0.15, 0.2) is 5.96 Å². The molecule has 0 radical (unpaired) electrons. The SMILES string of the molecule is CCNC(=NCCC(O)c1ccccc1)NC1CC1C. The Kier molecular flexibility index (Phi) is 5.41. The quantitative estimate of drug-likeness (QED) is 0.550. The molecule has 0 aliphatic heterocycles. The highest BCUT2D eigenvalue weighted by Crippen LogP contribution is 2.28. The van der Waals surface area contributed by atoms with E-state index in [0.717, 1.165) is 24.0 Å². The summed E-state index contributed by atoms with van der Waals surface area (Å²) < 4.78 is 0. The molecule has 3 atom stereocenters. The molecule has 3 unspecified atom stereocenters. The zero-order valence-electron chi connectivity index (χ0n) is 12.3. The third kappa shape index (κ3) is 4.53. The molecule has 4 heteroatoms. The van der Waals surface area contributed by atoms with Gasteiger partial charge < -0.3 is 15.7 Å². The second kappa shape index (κ2) is 7.29. The van der Waals surface area contributed by atoms with Crippen LogP contribution in [0.4, 0.5) is 0 Å². The Morgan fingerprint density at radius 1 is 1.40 bits per heavy atom. The van der Waals surface area contributed by atoms with E-state index >= 15 is 0 Å². The van der Waals surface area contributed by atoms with Crippen LogP contribution in [-0.2, 0) is 0 Å². The lowest BCUT2D eigenvalue weighted by Gasteiger charge is -2.12. The van der Waals surface area contributed by atoms with Crippen molar-refractivity contribution < 1.29 is 5.11 Å². The summed E-state index contributed by atoms with van der Waals surface area (Å²) in [5.74, 6) is 1.61. The van der Waals surface area contributed by atoms with Gasteiger partial charge in [0.1, 0.15) is 0 Å². The Labute approximate surface area is 121 Å². The van der Waals surface area contributed by atoms with E-state index in [4.69, 9.17) is 0 Å². The average molecular weight is 275 g/mol. The predicted molar refractivity (Wildman–Crippen MR) is 82.7 cm³/mol. The molecule has 2 rings (SSSR count). The lowest BCUT2D eigenvalue weighted by molar-refractivity contribution is 0.170. The van der Waals surface area contributed by atoms with E-state index in [9.17, 15) is 5.11 Å². The van der Waals surface area contributed by atoms with Crippen molar-refractivity contribution in [3.8, 4) is 0 Å². The van der Waals surface area contributed by atoms with Gasteiger partial charge >= 0.3 is 0 Å². The number of nitrogens with zero attached hydrogens (tertiary/aromatic N) is 1. The van der Waals surface area contributed by atoms with Gasteiger partial charge in [-0.3, -0.25) is 4.99 Å². The van der Waals surface area contributed by atoms with Crippen molar-refractivity contribution in [2.45, 2.75) is 38.8 Å². The first-order valence-corrected chi connectivity index (χ1v) is 7.48. The number of aliphatic imine (C=N–C) groups is 1. The topological polar surface area (TPSA) is 56.7 Å². The maximum atomic E-state index is 10.1. The lowest BCUT2D eigenvalue weighted by Crippen LogP contribution is -2.39. The van der Waals surface area contributed by atoms with Crippen LogP contribution < -0.4 is 10.6 Å². The predicted octanol–water partition coefficient (Wildman–Crippen LogP) is 2.07. The first kappa shape index (κ1) is 14.9. The largest absolute Gasteiger partial charge is 0.388 e. The smallest absolute Gasteiger partial charge is 0.191 e. The summed E-state index contributed by atoms with van der Waals surface area (Å²) >= 11 is 0. The molecule has 20 heavy (non-hydrogen) atoms. The van der Waals surface area contributed by atoms with Gasteiger partial charge in [0, 0.05) is 19.1 Å². The monoisotopic (exact) mass is 275 g/mol. The van der Waals surface area contributed by atoms with Gasteiger partial charge in [0.2, 0.25) is 0 Å². The molecule has 1 aromatic carbocycles. The third-order valence-corrected chi connectivity index (χ3v) is 3.63. The molecule has 110 valence electrons. The molecule has 0 bridgehead atoms. The molecule has 1 fully saturated rings. The summed E-state index contributed by atoms with van der Waals surface area (Å²) in [6.45, 7) is 5.77. The van der Waals surface area contributed by atoms with Gasteiger partial charge in [0.25, 0.3) is 0 Å². The second-order valence-electron chi connectivity index (χ2n) is 5.44. The zero-order valence-corrected chi connectivity index (χ0v) is 12.3. The lowest BCUT2D eigenvalue weighted by atomic mass is 10.1. The van der Waals surface area contributed by atoms with E-state index in [1.807, 2.05) is 30.3 Å². The highest BCUT2D eigenvalue weighted by atomic mass is 16.3. The minimum Gasteiger partial charge on any atom is -0.388 e. The molecular formula is C16H25N3O. The van der Waals surface area contributed by atoms with Crippen LogP contribution >= 0.6 is 0 Å². The van der Waals surface area contributed by atoms with Gasteiger partial charge in [-0.15, -0.1) is 0 Å². The minimum atomic E-state index is -0.442. The Hall–Kier alpha value is -1.55. The van der Waals surface area contributed by atoms with Crippen LogP contribution in [0.2, 0.25) is 0 Å². The molecule has 1 saturated carbocycles. The van der Waals surface area contributed by atoms with E-state index in [-0.39, 0.29) is 0 Å². The second-order valence-corrected chi connectivity index (χ2v) is 5.44. The average Bonchev–Trinajstić information content (AvgIpc) is 3.15. The summed E-state index contributed by atoms with van der Waals surface area (Å²) in [5, 5.41) is 16.7. The zero-order chi connectivity index (χ0) is 14.4. The van der Waals surface area contributed by atoms with Crippen LogP contribution in [0.25, 0.3) is 0 Å². The van der Waals surface area contributed by atoms with Gasteiger partial charge in [-0.05, 0) is 31.2 Å². The number of hydrogen-bond donors (Lipinski definition) is 3. The number of rotatable bonds is 6. The van der Waals surface area contributed by atoms with Gasteiger partial charge in [-0.25, -0.2) is 0 Å². The maximum Gasteiger partial charge on any atom is 0.191 e. The van der Waals surface area contributed by atoms with Crippen molar-refractivity contribution in [3.63, 3.8) is 0 Å². The molecule has 0 heterocycles. The molecular weight excluding hydrogens is 250 g/mol. The number of nitrogens with one attached hydrogen (secondary N) is 2. The molecule has 3 N–H and O–H groups in total. The number of hydrogen-bond acceptors (Lipinski definition) is 2. The number of aliphatic hydroxyl groups is 1. The molecule has 0 amide bonds. The third-order valence-electron chi connectivity index (χ3n) is 3.63. The summed E-state index contributed by atoms with van der Waals surface area (Å²) in [7, 11) is 0. The maximum absolute atomic E-state index is 10.1. The van der Waals surface area contributed by atoms with E-state index in [1.165, 1.54) is 6.42 Å². The molecule has 0 saturated heterocycles. The summed E-state index contributed by atoms with van der Waals surface area (Å²) in [4.78, 5) is 4.53. The number of guanidine groups is 1. The van der Waals surface area contributed by atoms with Crippen LogP contribution in [0.1, 0.15) is 38.4 Å². The fourth-order valence-corrected chi connectivity index (χ4v) is 2.16. The van der Waals surface area contributed by atoms with Crippen LogP contribution in [0.3, 0.4) is 0 Å². The molecule has 1 aliphatic rings. The molecule has 1 aliphatic carbocycles. The van der Waals surface area contributed by atoms with Crippen LogP contribution in [0, 0.1) is 5.92 Å². The number of benzene rings is 1. The van der Waals surface area contributed by atoms with Gasteiger partial charge in [-0.2, -0.15) is 0 Å². The number of aliphatic hydroxyl groups excluding tert-OH is 1. The summed E-state index contributed by atoms with van der Waals surface area (Å²) in [6, 6.07) is 10.3. The Morgan fingerprint density at radius 3 is 2.70 bits per heavy atom. The van der Waals surface area contributed by atoms with Crippen molar-refractivity contribution in [2.24, 2.45) is 10.9 Å². The van der Waals surface area contributed by atoms with Crippen molar-refractivity contribution in [1.29, 1.82) is 0 Å². The molecule has 4 nitrogen and oxygen atoms in total. The fraction of sp³-hybridized carbons (Fsp3) is 0.562. The fourth-order valence-electron chi connectivity index (χ4n) is 2.16. The highest BCUT2D eigenvalue weighted by Gasteiger charge is 2.33. The van der Waals surface area contributed by atoms with Crippen LogP contribution in [0.15, 0.2) is 35.3 Å². The molecule has 0 aromatic heterocycles. The normalized spacial score (nSPS) is 23.2. The van der Waals surface area contributed by atoms with E-state index in [0.29, 0.717) is 19.0 Å². The highest BCUT2D eigenvalue weighted by molar-refractivity contribution is 5.80. The van der Waals surface area contributed by atoms with E-state index < -0.39 is 6.10 Å². The Morgan fingerprint density at radius 2 is 2.10 bits per heavy atom. The van der Waals surface area contributed by atoms with Crippen molar-refractivity contribution in [2.75, 3.05) is 13.1 Å². The summed E-state index contributed by atoms with van der Waals surface area (Å²) in [5.41, 5.74) is 0.955. The Bertz CT molecular complexity index is 433. The first-order valence-electron chi connectivity index (χ1n) is 7.48.